The van der Waals surface area contributed by atoms with Crippen LogP contribution in [0, 0.1) is 5.41 Å². The minimum absolute atomic E-state index is 0.0417. The van der Waals surface area contributed by atoms with Crippen molar-refractivity contribution in [1.82, 2.24) is 0 Å². The molecule has 1 heterocycles. The van der Waals surface area contributed by atoms with E-state index in [-0.39, 0.29) is 11.0 Å². The summed E-state index contributed by atoms with van der Waals surface area (Å²) >= 11 is 5.40. The zero-order chi connectivity index (χ0) is 8.54. The quantitative estimate of drug-likeness (QED) is 0.480. The first-order valence-electron chi connectivity index (χ1n) is 3.42. The number of alkyl halides is 1. The highest BCUT2D eigenvalue weighted by molar-refractivity contribution is 7.55. The van der Waals surface area contributed by atoms with Crippen molar-refractivity contribution in [2.45, 2.75) is 13.8 Å². The molecule has 0 N–H and O–H groups in total. The van der Waals surface area contributed by atoms with E-state index in [1.807, 2.05) is 13.8 Å². The standard InChI is InChI=1S/C6H12ClO3P/c1-6(2)3-9-11(8,5-7)10-4-6/h3-5H2,1-2H3. The Bertz CT molecular complexity index is 178. The fourth-order valence-electron chi connectivity index (χ4n) is 0.694. The molecule has 0 unspecified atom stereocenters. The molecule has 0 spiro atoms. The summed E-state index contributed by atoms with van der Waals surface area (Å²) in [5.41, 5.74) is -0.0942. The molecule has 1 rings (SSSR count). The average Bonchev–Trinajstić information content (AvgIpc) is 1.97. The highest BCUT2D eigenvalue weighted by atomic mass is 35.5. The van der Waals surface area contributed by atoms with Crippen molar-refractivity contribution in [2.75, 3.05) is 18.8 Å². The molecule has 0 aromatic heterocycles. The Kier molecular flexibility index (Phi) is 2.65. The van der Waals surface area contributed by atoms with Crippen molar-refractivity contribution in [2.24, 2.45) is 5.41 Å². The lowest BCUT2D eigenvalue weighted by Gasteiger charge is -2.32. The van der Waals surface area contributed by atoms with Crippen LogP contribution in [-0.4, -0.2) is 18.8 Å². The second-order valence-corrected chi connectivity index (χ2v) is 6.14. The molecule has 11 heavy (non-hydrogen) atoms. The molecule has 1 aliphatic rings. The second kappa shape index (κ2) is 3.06. The number of hydrogen-bond donors (Lipinski definition) is 0. The van der Waals surface area contributed by atoms with Crippen LogP contribution < -0.4 is 0 Å². The average molecular weight is 199 g/mol. The van der Waals surface area contributed by atoms with E-state index >= 15 is 0 Å². The Morgan fingerprint density at radius 3 is 2.27 bits per heavy atom. The van der Waals surface area contributed by atoms with Crippen molar-refractivity contribution >= 4 is 19.2 Å². The summed E-state index contributed by atoms with van der Waals surface area (Å²) in [4.78, 5) is 0. The van der Waals surface area contributed by atoms with Gasteiger partial charge < -0.3 is 9.05 Å². The van der Waals surface area contributed by atoms with E-state index in [0.29, 0.717) is 13.2 Å². The van der Waals surface area contributed by atoms with Gasteiger partial charge >= 0.3 is 7.60 Å². The van der Waals surface area contributed by atoms with Crippen LogP contribution in [0.3, 0.4) is 0 Å². The summed E-state index contributed by atoms with van der Waals surface area (Å²) < 4.78 is 21.4. The molecule has 0 amide bonds. The van der Waals surface area contributed by atoms with Crippen molar-refractivity contribution < 1.29 is 13.6 Å². The topological polar surface area (TPSA) is 35.5 Å². The third-order valence-corrected chi connectivity index (χ3v) is 3.67. The fraction of sp³-hybridized carbons (Fsp3) is 1.00. The largest absolute Gasteiger partial charge is 0.345 e. The lowest BCUT2D eigenvalue weighted by atomic mass is 9.97. The van der Waals surface area contributed by atoms with Gasteiger partial charge in [0, 0.05) is 5.41 Å². The molecule has 0 aromatic carbocycles. The molecule has 3 nitrogen and oxygen atoms in total. The third-order valence-electron chi connectivity index (χ3n) is 1.45. The van der Waals surface area contributed by atoms with Crippen LogP contribution in [0.4, 0.5) is 0 Å². The molecule has 66 valence electrons. The van der Waals surface area contributed by atoms with Crippen LogP contribution in [-0.2, 0) is 13.6 Å². The van der Waals surface area contributed by atoms with Crippen LogP contribution in [0.25, 0.3) is 0 Å². The first kappa shape index (κ1) is 9.53. The Morgan fingerprint density at radius 2 is 1.91 bits per heavy atom. The highest BCUT2D eigenvalue weighted by Gasteiger charge is 2.35. The fourth-order valence-corrected chi connectivity index (χ4v) is 2.41. The first-order valence-corrected chi connectivity index (χ1v) is 5.68. The summed E-state index contributed by atoms with van der Waals surface area (Å²) in [7, 11) is -2.91. The highest BCUT2D eigenvalue weighted by Crippen LogP contribution is 2.54. The summed E-state index contributed by atoms with van der Waals surface area (Å²) in [6.45, 7) is 4.89. The van der Waals surface area contributed by atoms with Crippen LogP contribution in [0.5, 0.6) is 0 Å². The van der Waals surface area contributed by atoms with Gasteiger partial charge in [-0.3, -0.25) is 4.57 Å². The lowest BCUT2D eigenvalue weighted by Crippen LogP contribution is -2.29. The number of halogens is 1. The predicted molar refractivity (Wildman–Crippen MR) is 44.0 cm³/mol. The van der Waals surface area contributed by atoms with Gasteiger partial charge in [-0.25, -0.2) is 0 Å². The molecule has 1 aliphatic heterocycles. The van der Waals surface area contributed by atoms with Gasteiger partial charge in [-0.2, -0.15) is 0 Å². The van der Waals surface area contributed by atoms with Gasteiger partial charge in [-0.15, -0.1) is 11.6 Å². The van der Waals surface area contributed by atoms with Crippen LogP contribution >= 0.6 is 19.2 Å². The number of hydrogen-bond acceptors (Lipinski definition) is 3. The zero-order valence-electron chi connectivity index (χ0n) is 6.67. The molecular weight excluding hydrogens is 186 g/mol. The Hall–Kier alpha value is 0.440. The molecule has 1 fully saturated rings. The van der Waals surface area contributed by atoms with E-state index in [4.69, 9.17) is 20.6 Å². The first-order chi connectivity index (χ1) is 4.97. The molecule has 0 saturated carbocycles. The normalized spacial score (nSPS) is 28.3. The molecule has 5 heteroatoms. The maximum Gasteiger partial charge on any atom is 0.345 e. The Labute approximate surface area is 71.6 Å². The van der Waals surface area contributed by atoms with Crippen LogP contribution in [0.15, 0.2) is 0 Å². The van der Waals surface area contributed by atoms with Crippen molar-refractivity contribution in [1.29, 1.82) is 0 Å². The van der Waals surface area contributed by atoms with E-state index in [9.17, 15) is 4.57 Å². The molecule has 0 radical (unpaired) electrons. The van der Waals surface area contributed by atoms with Crippen molar-refractivity contribution in [3.8, 4) is 0 Å². The van der Waals surface area contributed by atoms with E-state index in [2.05, 4.69) is 0 Å². The third kappa shape index (κ3) is 2.45. The Morgan fingerprint density at radius 1 is 1.45 bits per heavy atom. The predicted octanol–water partition coefficient (Wildman–Crippen LogP) is 2.45. The summed E-state index contributed by atoms with van der Waals surface area (Å²) in [5.74, 6) is 0. The summed E-state index contributed by atoms with van der Waals surface area (Å²) in [6, 6.07) is 0. The minimum atomic E-state index is -2.91. The minimum Gasteiger partial charge on any atom is -0.307 e. The molecule has 1 saturated heterocycles. The SMILES string of the molecule is CC1(C)COP(=O)(CCl)OC1. The monoisotopic (exact) mass is 198 g/mol. The van der Waals surface area contributed by atoms with Crippen LogP contribution in [0.2, 0.25) is 0 Å². The van der Waals surface area contributed by atoms with E-state index in [0.717, 1.165) is 0 Å². The molecule has 0 aromatic rings. The second-order valence-electron chi connectivity index (χ2n) is 3.44. The summed E-state index contributed by atoms with van der Waals surface area (Å²) in [5, 5.41) is 0. The molecule has 0 bridgehead atoms. The Balaban J connectivity index is 2.55. The van der Waals surface area contributed by atoms with Gasteiger partial charge in [0.15, 0.2) is 0 Å². The smallest absolute Gasteiger partial charge is 0.307 e. The van der Waals surface area contributed by atoms with E-state index in [1.54, 1.807) is 0 Å². The number of rotatable bonds is 1. The molecule has 0 atom stereocenters. The van der Waals surface area contributed by atoms with E-state index in [1.165, 1.54) is 0 Å². The zero-order valence-corrected chi connectivity index (χ0v) is 8.32. The summed E-state index contributed by atoms with van der Waals surface area (Å²) in [6.07, 6.45) is 0. The van der Waals surface area contributed by atoms with Gasteiger partial charge in [-0.05, 0) is 0 Å². The van der Waals surface area contributed by atoms with Crippen LogP contribution in [0.1, 0.15) is 13.8 Å². The van der Waals surface area contributed by atoms with Crippen molar-refractivity contribution in [3.05, 3.63) is 0 Å². The van der Waals surface area contributed by atoms with Gasteiger partial charge in [-0.1, -0.05) is 13.8 Å². The van der Waals surface area contributed by atoms with E-state index < -0.39 is 7.60 Å². The molecular formula is C6H12ClO3P. The van der Waals surface area contributed by atoms with Gasteiger partial charge in [0.05, 0.1) is 13.2 Å². The lowest BCUT2D eigenvalue weighted by molar-refractivity contribution is 0.0431. The van der Waals surface area contributed by atoms with Gasteiger partial charge in [0.1, 0.15) is 5.62 Å². The van der Waals surface area contributed by atoms with Gasteiger partial charge in [0.25, 0.3) is 0 Å². The maximum atomic E-state index is 11.3. The maximum absolute atomic E-state index is 11.3. The molecule has 0 aliphatic carbocycles. The van der Waals surface area contributed by atoms with Gasteiger partial charge in [0.2, 0.25) is 0 Å². The van der Waals surface area contributed by atoms with Crippen molar-refractivity contribution in [3.63, 3.8) is 0 Å².